The van der Waals surface area contributed by atoms with Crippen LogP contribution in [-0.2, 0) is 24.4 Å². The van der Waals surface area contributed by atoms with Crippen molar-refractivity contribution in [3.05, 3.63) is 83.4 Å². The Morgan fingerprint density at radius 3 is 2.60 bits per heavy atom. The van der Waals surface area contributed by atoms with Crippen LogP contribution in [0.1, 0.15) is 16.7 Å². The molecule has 5 nitrogen and oxygen atoms in total. The Kier molecular flexibility index (Phi) is 5.20. The Morgan fingerprint density at radius 1 is 1.16 bits per heavy atom. The number of carbonyl (C=O) groups is 1. The van der Waals surface area contributed by atoms with Crippen molar-refractivity contribution < 1.29 is 14.3 Å². The molecule has 0 bridgehead atoms. The molecule has 0 aliphatic carbocycles. The summed E-state index contributed by atoms with van der Waals surface area (Å²) in [5.74, 6) is -0.573. The molecule has 0 radical (unpaired) electrons. The summed E-state index contributed by atoms with van der Waals surface area (Å²) in [4.78, 5) is 12.1. The lowest BCUT2D eigenvalue weighted by Gasteiger charge is -2.08. The summed E-state index contributed by atoms with van der Waals surface area (Å²) in [5, 5.41) is 16.0. The summed E-state index contributed by atoms with van der Waals surface area (Å²) in [5.41, 5.74) is 2.79. The molecule has 2 aromatic carbocycles. The monoisotopic (exact) mass is 339 g/mol. The van der Waals surface area contributed by atoms with E-state index in [2.05, 4.69) is 10.4 Å². The van der Waals surface area contributed by atoms with Crippen LogP contribution in [0.3, 0.4) is 0 Å². The first kappa shape index (κ1) is 16.9. The molecule has 0 aliphatic heterocycles. The molecule has 0 unspecified atom stereocenters. The number of aromatic nitrogens is 2. The average Bonchev–Trinajstić information content (AvgIpc) is 3.16. The van der Waals surface area contributed by atoms with E-state index in [1.165, 1.54) is 6.07 Å². The third-order valence-corrected chi connectivity index (χ3v) is 3.84. The number of aliphatic hydroxyl groups excluding tert-OH is 1. The number of amides is 1. The zero-order valence-electron chi connectivity index (χ0n) is 13.5. The largest absolute Gasteiger partial charge is 0.392 e. The highest BCUT2D eigenvalue weighted by molar-refractivity contribution is 5.78. The highest BCUT2D eigenvalue weighted by Crippen LogP contribution is 2.11. The second-order valence-corrected chi connectivity index (χ2v) is 5.65. The maximum absolute atomic E-state index is 13.3. The maximum atomic E-state index is 13.3. The van der Waals surface area contributed by atoms with Crippen LogP contribution in [-0.4, -0.2) is 20.8 Å². The summed E-state index contributed by atoms with van der Waals surface area (Å²) >= 11 is 0. The summed E-state index contributed by atoms with van der Waals surface area (Å²) in [6.45, 7) is -0.0757. The van der Waals surface area contributed by atoms with E-state index >= 15 is 0 Å². The SMILES string of the molecule is O=C(Cc1ccc(-n2cccn2)cc1)NCc1ccc(F)c(CO)c1. The van der Waals surface area contributed by atoms with Crippen molar-refractivity contribution in [3.8, 4) is 5.69 Å². The summed E-state index contributed by atoms with van der Waals surface area (Å²) in [6.07, 6.45) is 3.82. The maximum Gasteiger partial charge on any atom is 0.224 e. The molecule has 0 saturated heterocycles. The van der Waals surface area contributed by atoms with Crippen molar-refractivity contribution in [1.82, 2.24) is 15.1 Å². The Morgan fingerprint density at radius 2 is 1.92 bits per heavy atom. The molecule has 0 spiro atoms. The number of rotatable bonds is 6. The van der Waals surface area contributed by atoms with Gasteiger partial charge in [0, 0.05) is 24.5 Å². The number of benzene rings is 2. The van der Waals surface area contributed by atoms with Crippen molar-refractivity contribution in [2.45, 2.75) is 19.6 Å². The molecule has 0 atom stereocenters. The van der Waals surface area contributed by atoms with Crippen molar-refractivity contribution in [1.29, 1.82) is 0 Å². The van der Waals surface area contributed by atoms with Crippen LogP contribution in [0.4, 0.5) is 4.39 Å². The predicted molar refractivity (Wildman–Crippen MR) is 91.4 cm³/mol. The van der Waals surface area contributed by atoms with Crippen molar-refractivity contribution in [2.24, 2.45) is 0 Å². The van der Waals surface area contributed by atoms with Gasteiger partial charge in [-0.15, -0.1) is 0 Å². The number of hydrogen-bond acceptors (Lipinski definition) is 3. The third kappa shape index (κ3) is 4.30. The van der Waals surface area contributed by atoms with Gasteiger partial charge in [0.2, 0.25) is 5.91 Å². The Bertz CT molecular complexity index is 846. The van der Waals surface area contributed by atoms with Crippen LogP contribution in [0.5, 0.6) is 0 Å². The van der Waals surface area contributed by atoms with Crippen LogP contribution in [0.25, 0.3) is 5.69 Å². The molecule has 3 rings (SSSR count). The summed E-state index contributed by atoms with van der Waals surface area (Å²) in [7, 11) is 0. The van der Waals surface area contributed by atoms with Gasteiger partial charge in [0.15, 0.2) is 0 Å². The van der Waals surface area contributed by atoms with Gasteiger partial charge in [-0.2, -0.15) is 5.10 Å². The van der Waals surface area contributed by atoms with Gasteiger partial charge in [-0.25, -0.2) is 9.07 Å². The number of halogens is 1. The third-order valence-electron chi connectivity index (χ3n) is 3.84. The second-order valence-electron chi connectivity index (χ2n) is 5.65. The lowest BCUT2D eigenvalue weighted by molar-refractivity contribution is -0.120. The van der Waals surface area contributed by atoms with Gasteiger partial charge in [0.25, 0.3) is 0 Å². The van der Waals surface area contributed by atoms with E-state index in [1.54, 1.807) is 23.0 Å². The predicted octanol–water partition coefficient (Wildman–Crippen LogP) is 2.36. The minimum absolute atomic E-state index is 0.123. The Hall–Kier alpha value is -2.99. The Labute approximate surface area is 144 Å². The lowest BCUT2D eigenvalue weighted by atomic mass is 10.1. The van der Waals surface area contributed by atoms with E-state index in [1.807, 2.05) is 36.5 Å². The van der Waals surface area contributed by atoms with Crippen LogP contribution in [0.15, 0.2) is 60.9 Å². The topological polar surface area (TPSA) is 67.2 Å². The van der Waals surface area contributed by atoms with Gasteiger partial charge in [0.1, 0.15) is 5.82 Å². The first-order valence-corrected chi connectivity index (χ1v) is 7.89. The van der Waals surface area contributed by atoms with E-state index in [0.717, 1.165) is 16.8 Å². The van der Waals surface area contributed by atoms with Crippen LogP contribution >= 0.6 is 0 Å². The fourth-order valence-electron chi connectivity index (χ4n) is 2.50. The number of carbonyl (C=O) groups excluding carboxylic acids is 1. The fourth-order valence-corrected chi connectivity index (χ4v) is 2.50. The highest BCUT2D eigenvalue weighted by Gasteiger charge is 2.06. The van der Waals surface area contributed by atoms with E-state index in [0.29, 0.717) is 0 Å². The number of nitrogens with one attached hydrogen (secondary N) is 1. The van der Waals surface area contributed by atoms with Crippen LogP contribution in [0, 0.1) is 5.82 Å². The Balaban J connectivity index is 1.56. The average molecular weight is 339 g/mol. The molecule has 128 valence electrons. The molecular weight excluding hydrogens is 321 g/mol. The van der Waals surface area contributed by atoms with E-state index in [9.17, 15) is 9.18 Å². The molecule has 6 heteroatoms. The smallest absolute Gasteiger partial charge is 0.224 e. The molecule has 0 saturated carbocycles. The first-order chi connectivity index (χ1) is 12.2. The van der Waals surface area contributed by atoms with Gasteiger partial charge in [0.05, 0.1) is 18.7 Å². The highest BCUT2D eigenvalue weighted by atomic mass is 19.1. The van der Waals surface area contributed by atoms with E-state index in [4.69, 9.17) is 5.11 Å². The molecule has 0 fully saturated rings. The molecule has 3 aromatic rings. The second kappa shape index (κ2) is 7.72. The van der Waals surface area contributed by atoms with Gasteiger partial charge in [-0.1, -0.05) is 18.2 Å². The zero-order chi connectivity index (χ0) is 17.6. The standard InChI is InChI=1S/C19H18FN3O2/c20-18-7-4-15(10-16(18)13-24)12-21-19(25)11-14-2-5-17(6-3-14)23-9-1-8-22-23/h1-10,24H,11-13H2,(H,21,25). The normalized spacial score (nSPS) is 10.6. The molecule has 1 aromatic heterocycles. The van der Waals surface area contributed by atoms with E-state index in [-0.39, 0.29) is 31.0 Å². The van der Waals surface area contributed by atoms with Crippen LogP contribution in [0.2, 0.25) is 0 Å². The zero-order valence-corrected chi connectivity index (χ0v) is 13.5. The molecule has 1 heterocycles. The molecule has 0 aliphatic rings. The minimum Gasteiger partial charge on any atom is -0.392 e. The molecule has 1 amide bonds. The van der Waals surface area contributed by atoms with E-state index < -0.39 is 5.82 Å². The lowest BCUT2D eigenvalue weighted by Crippen LogP contribution is -2.24. The molecule has 25 heavy (non-hydrogen) atoms. The number of aliphatic hydroxyl groups is 1. The minimum atomic E-state index is -0.449. The van der Waals surface area contributed by atoms with Crippen molar-refractivity contribution >= 4 is 5.91 Å². The quantitative estimate of drug-likeness (QED) is 0.724. The van der Waals surface area contributed by atoms with Crippen LogP contribution < -0.4 is 5.32 Å². The van der Waals surface area contributed by atoms with Gasteiger partial charge >= 0.3 is 0 Å². The van der Waals surface area contributed by atoms with Gasteiger partial charge in [-0.05, 0) is 41.5 Å². The van der Waals surface area contributed by atoms with Crippen molar-refractivity contribution in [2.75, 3.05) is 0 Å². The first-order valence-electron chi connectivity index (χ1n) is 7.89. The molecule has 2 N–H and O–H groups in total. The summed E-state index contributed by atoms with van der Waals surface area (Å²) < 4.78 is 15.1. The van der Waals surface area contributed by atoms with Gasteiger partial charge in [-0.3, -0.25) is 4.79 Å². The summed E-state index contributed by atoms with van der Waals surface area (Å²) in [6, 6.07) is 13.9. The number of hydrogen-bond donors (Lipinski definition) is 2. The van der Waals surface area contributed by atoms with Crippen molar-refractivity contribution in [3.63, 3.8) is 0 Å². The van der Waals surface area contributed by atoms with Gasteiger partial charge < -0.3 is 10.4 Å². The fraction of sp³-hybridized carbons (Fsp3) is 0.158. The number of nitrogens with zero attached hydrogens (tertiary/aromatic N) is 2. The molecular formula is C19H18FN3O2.